The van der Waals surface area contributed by atoms with E-state index >= 15 is 0 Å². The Morgan fingerprint density at radius 2 is 1.89 bits per heavy atom. The molecule has 0 bridgehead atoms. The van der Waals surface area contributed by atoms with E-state index in [1.165, 1.54) is 6.42 Å². The molecule has 2 aromatic rings. The first-order valence-corrected chi connectivity index (χ1v) is 12.4. The fraction of sp³-hybridized carbons (Fsp3) is 0.444. The monoisotopic (exact) mass is 480 g/mol. The van der Waals surface area contributed by atoms with Crippen molar-refractivity contribution in [2.24, 2.45) is 5.10 Å². The standard InChI is InChI=1S/C27H36N4O4/c1-2-35-25-19-21(14-15-24(25)32)20-29-30-27(34)23(31-17-9-4-10-18-31)13-7-8-16-28-26(33)22-11-5-3-6-12-22/h3,5-6,11-12,14-15,19-20,23,32H,2,4,7-10,13,16-18H2,1H3,(H,28,33)(H,30,34)/b29-20+. The molecule has 1 fully saturated rings. The Kier molecular flexibility index (Phi) is 10.6. The van der Waals surface area contributed by atoms with Crippen LogP contribution in [0.1, 0.15) is 61.4 Å². The van der Waals surface area contributed by atoms with E-state index in [0.29, 0.717) is 30.9 Å². The topological polar surface area (TPSA) is 103 Å². The number of benzene rings is 2. The average molecular weight is 481 g/mol. The molecule has 1 unspecified atom stereocenters. The maximum absolute atomic E-state index is 13.0. The lowest BCUT2D eigenvalue weighted by Gasteiger charge is -2.33. The van der Waals surface area contributed by atoms with Gasteiger partial charge in [0.15, 0.2) is 11.5 Å². The number of nitrogens with zero attached hydrogens (tertiary/aromatic N) is 2. The Hall–Kier alpha value is -3.39. The highest BCUT2D eigenvalue weighted by molar-refractivity contribution is 5.94. The lowest BCUT2D eigenvalue weighted by molar-refractivity contribution is -0.127. The van der Waals surface area contributed by atoms with Crippen LogP contribution in [0.15, 0.2) is 53.6 Å². The molecule has 1 saturated heterocycles. The molecule has 3 N–H and O–H groups in total. The predicted molar refractivity (Wildman–Crippen MR) is 137 cm³/mol. The first kappa shape index (κ1) is 26.2. The molecule has 0 aliphatic carbocycles. The lowest BCUT2D eigenvalue weighted by Crippen LogP contribution is -2.47. The largest absolute Gasteiger partial charge is 0.504 e. The molecule has 3 rings (SSSR count). The quantitative estimate of drug-likeness (QED) is 0.244. The van der Waals surface area contributed by atoms with E-state index in [1.54, 1.807) is 36.5 Å². The molecule has 1 aliphatic heterocycles. The number of carbonyl (C=O) groups is 2. The SMILES string of the molecule is CCOc1cc(/C=N/NC(=O)C(CCCCNC(=O)c2ccccc2)N2CCCCC2)ccc1O. The van der Waals surface area contributed by atoms with E-state index in [0.717, 1.165) is 44.3 Å². The Bertz CT molecular complexity index is 974. The second-order valence-electron chi connectivity index (χ2n) is 8.62. The van der Waals surface area contributed by atoms with E-state index in [4.69, 9.17) is 4.74 Å². The average Bonchev–Trinajstić information content (AvgIpc) is 2.89. The van der Waals surface area contributed by atoms with Crippen molar-refractivity contribution < 1.29 is 19.4 Å². The Morgan fingerprint density at radius 3 is 2.63 bits per heavy atom. The van der Waals surface area contributed by atoms with Crippen molar-refractivity contribution in [3.63, 3.8) is 0 Å². The number of hydrazone groups is 1. The van der Waals surface area contributed by atoms with Gasteiger partial charge in [-0.05, 0) is 88.0 Å². The summed E-state index contributed by atoms with van der Waals surface area (Å²) in [5.74, 6) is 0.249. The van der Waals surface area contributed by atoms with Gasteiger partial charge in [-0.1, -0.05) is 24.6 Å². The zero-order valence-corrected chi connectivity index (χ0v) is 20.4. The second kappa shape index (κ2) is 14.1. The Balaban J connectivity index is 1.50. The van der Waals surface area contributed by atoms with Gasteiger partial charge in [0.05, 0.1) is 18.9 Å². The molecule has 35 heavy (non-hydrogen) atoms. The maximum Gasteiger partial charge on any atom is 0.257 e. The van der Waals surface area contributed by atoms with Crippen molar-refractivity contribution in [2.75, 3.05) is 26.2 Å². The molecule has 1 atom stereocenters. The number of hydrogen-bond donors (Lipinski definition) is 3. The number of phenolic OH excluding ortho intramolecular Hbond substituents is 1. The molecule has 0 radical (unpaired) electrons. The lowest BCUT2D eigenvalue weighted by atomic mass is 10.0. The summed E-state index contributed by atoms with van der Waals surface area (Å²) in [5.41, 5.74) is 4.06. The van der Waals surface area contributed by atoms with Crippen LogP contribution in [0.4, 0.5) is 0 Å². The minimum Gasteiger partial charge on any atom is -0.504 e. The molecular formula is C27H36N4O4. The maximum atomic E-state index is 13.0. The summed E-state index contributed by atoms with van der Waals surface area (Å²) < 4.78 is 5.39. The molecule has 2 aromatic carbocycles. The first-order valence-electron chi connectivity index (χ1n) is 12.4. The van der Waals surface area contributed by atoms with Crippen LogP contribution >= 0.6 is 0 Å². The number of nitrogens with one attached hydrogen (secondary N) is 2. The van der Waals surface area contributed by atoms with Crippen LogP contribution in [-0.2, 0) is 4.79 Å². The number of phenols is 1. The van der Waals surface area contributed by atoms with Crippen LogP contribution in [0.5, 0.6) is 11.5 Å². The van der Waals surface area contributed by atoms with E-state index in [1.807, 2.05) is 25.1 Å². The smallest absolute Gasteiger partial charge is 0.257 e. The van der Waals surface area contributed by atoms with Gasteiger partial charge >= 0.3 is 0 Å². The molecular weight excluding hydrogens is 444 g/mol. The van der Waals surface area contributed by atoms with Gasteiger partial charge in [-0.2, -0.15) is 5.10 Å². The highest BCUT2D eigenvalue weighted by atomic mass is 16.5. The van der Waals surface area contributed by atoms with Gasteiger partial charge in [-0.25, -0.2) is 5.43 Å². The highest BCUT2D eigenvalue weighted by Crippen LogP contribution is 2.26. The van der Waals surface area contributed by atoms with Crippen LogP contribution in [0.2, 0.25) is 0 Å². The van der Waals surface area contributed by atoms with Crippen molar-refractivity contribution in [3.05, 3.63) is 59.7 Å². The molecule has 1 aliphatic rings. The van der Waals surface area contributed by atoms with Crippen LogP contribution < -0.4 is 15.5 Å². The summed E-state index contributed by atoms with van der Waals surface area (Å²) in [6, 6.07) is 13.8. The van der Waals surface area contributed by atoms with Gasteiger partial charge in [0.25, 0.3) is 11.8 Å². The van der Waals surface area contributed by atoms with Gasteiger partial charge in [-0.3, -0.25) is 14.5 Å². The van der Waals surface area contributed by atoms with E-state index < -0.39 is 0 Å². The molecule has 0 aromatic heterocycles. The van der Waals surface area contributed by atoms with Crippen molar-refractivity contribution in [3.8, 4) is 11.5 Å². The summed E-state index contributed by atoms with van der Waals surface area (Å²) >= 11 is 0. The number of aromatic hydroxyl groups is 1. The number of carbonyl (C=O) groups excluding carboxylic acids is 2. The van der Waals surface area contributed by atoms with Gasteiger partial charge in [0.2, 0.25) is 0 Å². The van der Waals surface area contributed by atoms with Crippen LogP contribution in [-0.4, -0.2) is 60.3 Å². The second-order valence-corrected chi connectivity index (χ2v) is 8.62. The number of piperidine rings is 1. The Labute approximate surface area is 207 Å². The minimum absolute atomic E-state index is 0.0677. The molecule has 1 heterocycles. The fourth-order valence-electron chi connectivity index (χ4n) is 4.19. The van der Waals surface area contributed by atoms with Crippen molar-refractivity contribution in [1.82, 2.24) is 15.6 Å². The molecule has 2 amide bonds. The van der Waals surface area contributed by atoms with E-state index in [-0.39, 0.29) is 23.6 Å². The van der Waals surface area contributed by atoms with Gasteiger partial charge < -0.3 is 15.2 Å². The molecule has 8 nitrogen and oxygen atoms in total. The summed E-state index contributed by atoms with van der Waals surface area (Å²) in [6.07, 6.45) is 7.25. The third kappa shape index (κ3) is 8.40. The highest BCUT2D eigenvalue weighted by Gasteiger charge is 2.26. The van der Waals surface area contributed by atoms with Crippen molar-refractivity contribution in [1.29, 1.82) is 0 Å². The van der Waals surface area contributed by atoms with E-state index in [2.05, 4.69) is 20.7 Å². The number of unbranched alkanes of at least 4 members (excludes halogenated alkanes) is 1. The van der Waals surface area contributed by atoms with Gasteiger partial charge in [0, 0.05) is 12.1 Å². The summed E-state index contributed by atoms with van der Waals surface area (Å²) in [7, 11) is 0. The summed E-state index contributed by atoms with van der Waals surface area (Å²) in [5, 5.41) is 16.9. The van der Waals surface area contributed by atoms with Crippen molar-refractivity contribution in [2.45, 2.75) is 51.5 Å². The normalized spacial score (nSPS) is 15.0. The third-order valence-corrected chi connectivity index (χ3v) is 6.03. The molecule has 188 valence electrons. The number of amides is 2. The number of hydrogen-bond acceptors (Lipinski definition) is 6. The van der Waals surface area contributed by atoms with Gasteiger partial charge in [-0.15, -0.1) is 0 Å². The summed E-state index contributed by atoms with van der Waals surface area (Å²) in [4.78, 5) is 27.4. The van der Waals surface area contributed by atoms with Crippen LogP contribution in [0.25, 0.3) is 0 Å². The number of rotatable bonds is 12. The first-order chi connectivity index (χ1) is 17.1. The number of ether oxygens (including phenoxy) is 1. The molecule has 0 spiro atoms. The number of likely N-dealkylation sites (tertiary alicyclic amines) is 1. The predicted octanol–water partition coefficient (Wildman–Crippen LogP) is 3.70. The zero-order chi connectivity index (χ0) is 24.9. The minimum atomic E-state index is -0.254. The zero-order valence-electron chi connectivity index (χ0n) is 20.4. The molecule has 8 heteroatoms. The molecule has 0 saturated carbocycles. The van der Waals surface area contributed by atoms with E-state index in [9.17, 15) is 14.7 Å². The third-order valence-electron chi connectivity index (χ3n) is 6.03. The van der Waals surface area contributed by atoms with Crippen LogP contribution in [0.3, 0.4) is 0 Å². The fourth-order valence-corrected chi connectivity index (χ4v) is 4.19. The van der Waals surface area contributed by atoms with Gasteiger partial charge in [0.1, 0.15) is 0 Å². The Morgan fingerprint density at radius 1 is 1.11 bits per heavy atom. The summed E-state index contributed by atoms with van der Waals surface area (Å²) in [6.45, 7) is 4.67. The van der Waals surface area contributed by atoms with Crippen LogP contribution in [0, 0.1) is 0 Å². The van der Waals surface area contributed by atoms with Crippen molar-refractivity contribution >= 4 is 18.0 Å².